The zero-order valence-electron chi connectivity index (χ0n) is 9.98. The molecule has 0 aromatic carbocycles. The molecule has 0 aliphatic carbocycles. The first-order valence-electron chi connectivity index (χ1n) is 5.30. The van der Waals surface area contributed by atoms with Gasteiger partial charge >= 0.3 is 0 Å². The highest BCUT2D eigenvalue weighted by Gasteiger charge is 2.21. The number of hydrogen-bond donors (Lipinski definition) is 0. The van der Waals surface area contributed by atoms with Crippen LogP contribution in [-0.2, 0) is 4.74 Å². The van der Waals surface area contributed by atoms with E-state index in [4.69, 9.17) is 4.74 Å². The number of hydrogen-bond acceptors (Lipinski definition) is 1. The summed E-state index contributed by atoms with van der Waals surface area (Å²) in [5.41, 5.74) is -0.301. The van der Waals surface area contributed by atoms with Crippen molar-refractivity contribution in [1.29, 1.82) is 0 Å². The number of alkyl halides is 1. The first-order valence-corrected chi connectivity index (χ1v) is 5.30. The van der Waals surface area contributed by atoms with Crippen LogP contribution in [0.3, 0.4) is 0 Å². The maximum Gasteiger partial charge on any atom is 0.103 e. The van der Waals surface area contributed by atoms with Crippen molar-refractivity contribution < 1.29 is 9.13 Å². The number of rotatable bonds is 5. The third kappa shape index (κ3) is 9.81. The van der Waals surface area contributed by atoms with Gasteiger partial charge in [-0.3, -0.25) is 0 Å². The molecule has 1 atom stereocenters. The van der Waals surface area contributed by atoms with E-state index in [-0.39, 0.29) is 5.60 Å². The summed E-state index contributed by atoms with van der Waals surface area (Å²) in [7, 11) is 0. The topological polar surface area (TPSA) is 9.23 Å². The molecule has 0 radical (unpaired) electrons. The SMILES string of the molecule is CC.CCOC(C)(C)CC(F)CC. The molecule has 0 heterocycles. The van der Waals surface area contributed by atoms with E-state index < -0.39 is 6.17 Å². The van der Waals surface area contributed by atoms with Crippen LogP contribution in [0.15, 0.2) is 0 Å². The van der Waals surface area contributed by atoms with Gasteiger partial charge in [0.15, 0.2) is 0 Å². The maximum absolute atomic E-state index is 12.9. The highest BCUT2D eigenvalue weighted by Crippen LogP contribution is 2.19. The highest BCUT2D eigenvalue weighted by molar-refractivity contribution is 4.72. The Bertz CT molecular complexity index is 102. The third-order valence-corrected chi connectivity index (χ3v) is 1.69. The van der Waals surface area contributed by atoms with Gasteiger partial charge in [-0.05, 0) is 27.2 Å². The molecule has 2 heteroatoms. The van der Waals surface area contributed by atoms with E-state index in [1.807, 2.05) is 41.5 Å². The summed E-state index contributed by atoms with van der Waals surface area (Å²) in [5.74, 6) is 0. The first kappa shape index (κ1) is 15.4. The average molecular weight is 192 g/mol. The van der Waals surface area contributed by atoms with Gasteiger partial charge in [0.25, 0.3) is 0 Å². The molecule has 82 valence electrons. The standard InChI is InChI=1S/C9H19FO.C2H6/c1-5-8(10)7-9(3,4)11-6-2;1-2/h8H,5-7H2,1-4H3;1-2H3. The van der Waals surface area contributed by atoms with Crippen molar-refractivity contribution in [2.45, 2.75) is 66.2 Å². The Labute approximate surface area is 82.7 Å². The van der Waals surface area contributed by atoms with Crippen molar-refractivity contribution in [3.05, 3.63) is 0 Å². The van der Waals surface area contributed by atoms with E-state index >= 15 is 0 Å². The van der Waals surface area contributed by atoms with Crippen molar-refractivity contribution in [1.82, 2.24) is 0 Å². The molecule has 0 aromatic rings. The van der Waals surface area contributed by atoms with Crippen molar-refractivity contribution in [2.75, 3.05) is 6.61 Å². The van der Waals surface area contributed by atoms with Gasteiger partial charge in [0.05, 0.1) is 5.60 Å². The largest absolute Gasteiger partial charge is 0.376 e. The molecule has 0 saturated carbocycles. The minimum absolute atomic E-state index is 0.301. The van der Waals surface area contributed by atoms with Gasteiger partial charge in [-0.2, -0.15) is 0 Å². The second kappa shape index (κ2) is 8.49. The van der Waals surface area contributed by atoms with Crippen molar-refractivity contribution >= 4 is 0 Å². The zero-order chi connectivity index (χ0) is 10.9. The van der Waals surface area contributed by atoms with Crippen LogP contribution < -0.4 is 0 Å². The minimum atomic E-state index is -0.725. The Balaban J connectivity index is 0. The van der Waals surface area contributed by atoms with Crippen LogP contribution in [0.2, 0.25) is 0 Å². The fourth-order valence-corrected chi connectivity index (χ4v) is 1.13. The first-order chi connectivity index (χ1) is 6.02. The van der Waals surface area contributed by atoms with E-state index in [2.05, 4.69) is 0 Å². The molecule has 0 fully saturated rings. The van der Waals surface area contributed by atoms with Crippen LogP contribution in [0.4, 0.5) is 4.39 Å². The molecule has 13 heavy (non-hydrogen) atoms. The molecule has 0 spiro atoms. The van der Waals surface area contributed by atoms with E-state index in [0.717, 1.165) is 0 Å². The van der Waals surface area contributed by atoms with Gasteiger partial charge in [-0.25, -0.2) is 4.39 Å². The molecule has 0 rings (SSSR count). The van der Waals surface area contributed by atoms with E-state index in [1.165, 1.54) is 0 Å². The zero-order valence-corrected chi connectivity index (χ0v) is 9.98. The smallest absolute Gasteiger partial charge is 0.103 e. The Hall–Kier alpha value is -0.110. The molecule has 0 aliphatic heterocycles. The highest BCUT2D eigenvalue weighted by atomic mass is 19.1. The molecular weight excluding hydrogens is 167 g/mol. The summed E-state index contributed by atoms with van der Waals surface area (Å²) in [5, 5.41) is 0. The number of halogens is 1. The Morgan fingerprint density at radius 2 is 1.69 bits per heavy atom. The summed E-state index contributed by atoms with van der Waals surface area (Å²) < 4.78 is 18.2. The Morgan fingerprint density at radius 3 is 2.00 bits per heavy atom. The van der Waals surface area contributed by atoms with Gasteiger partial charge in [-0.15, -0.1) is 0 Å². The van der Waals surface area contributed by atoms with Crippen LogP contribution in [0.1, 0.15) is 54.4 Å². The van der Waals surface area contributed by atoms with Crippen LogP contribution in [0, 0.1) is 0 Å². The van der Waals surface area contributed by atoms with E-state index in [9.17, 15) is 4.39 Å². The lowest BCUT2D eigenvalue weighted by Gasteiger charge is -2.25. The van der Waals surface area contributed by atoms with Gasteiger partial charge < -0.3 is 4.74 Å². The molecule has 0 N–H and O–H groups in total. The lowest BCUT2D eigenvalue weighted by Crippen LogP contribution is -2.28. The summed E-state index contributed by atoms with van der Waals surface area (Å²) >= 11 is 0. The van der Waals surface area contributed by atoms with Crippen LogP contribution >= 0.6 is 0 Å². The Kier molecular flexibility index (Phi) is 10.0. The molecule has 1 unspecified atom stereocenters. The molecule has 0 saturated heterocycles. The predicted molar refractivity (Wildman–Crippen MR) is 56.9 cm³/mol. The van der Waals surface area contributed by atoms with Gasteiger partial charge in [-0.1, -0.05) is 20.8 Å². The molecule has 0 amide bonds. The monoisotopic (exact) mass is 192 g/mol. The lowest BCUT2D eigenvalue weighted by atomic mass is 10.0. The van der Waals surface area contributed by atoms with Crippen LogP contribution in [0.25, 0.3) is 0 Å². The van der Waals surface area contributed by atoms with Gasteiger partial charge in [0.2, 0.25) is 0 Å². The molecule has 0 bridgehead atoms. The summed E-state index contributed by atoms with van der Waals surface area (Å²) in [6.07, 6.45) is 0.352. The maximum atomic E-state index is 12.9. The van der Waals surface area contributed by atoms with Gasteiger partial charge in [0.1, 0.15) is 6.17 Å². The fourth-order valence-electron chi connectivity index (χ4n) is 1.13. The molecule has 0 aromatic heterocycles. The van der Waals surface area contributed by atoms with Crippen molar-refractivity contribution in [3.63, 3.8) is 0 Å². The number of ether oxygens (including phenoxy) is 1. The van der Waals surface area contributed by atoms with E-state index in [0.29, 0.717) is 19.4 Å². The summed E-state index contributed by atoms with van der Waals surface area (Å²) in [4.78, 5) is 0. The minimum Gasteiger partial charge on any atom is -0.376 e. The quantitative estimate of drug-likeness (QED) is 0.640. The fraction of sp³-hybridized carbons (Fsp3) is 1.00. The predicted octanol–water partition coefficient (Wildman–Crippen LogP) is 3.97. The van der Waals surface area contributed by atoms with E-state index in [1.54, 1.807) is 0 Å². The summed E-state index contributed by atoms with van der Waals surface area (Å²) in [6, 6.07) is 0. The van der Waals surface area contributed by atoms with Crippen molar-refractivity contribution in [3.8, 4) is 0 Å². The lowest BCUT2D eigenvalue weighted by molar-refractivity contribution is -0.0314. The molecule has 0 aliphatic rings. The third-order valence-electron chi connectivity index (χ3n) is 1.69. The Morgan fingerprint density at radius 1 is 1.23 bits per heavy atom. The average Bonchev–Trinajstić information content (AvgIpc) is 2.07. The molecular formula is C11H25FO. The molecule has 1 nitrogen and oxygen atoms in total. The van der Waals surface area contributed by atoms with Crippen LogP contribution in [0.5, 0.6) is 0 Å². The van der Waals surface area contributed by atoms with Crippen molar-refractivity contribution in [2.24, 2.45) is 0 Å². The second-order valence-corrected chi connectivity index (χ2v) is 3.40. The van der Waals surface area contributed by atoms with Crippen LogP contribution in [-0.4, -0.2) is 18.4 Å². The van der Waals surface area contributed by atoms with Gasteiger partial charge in [0, 0.05) is 13.0 Å². The summed E-state index contributed by atoms with van der Waals surface area (Å²) in [6.45, 7) is 12.3. The second-order valence-electron chi connectivity index (χ2n) is 3.40. The normalized spacial score (nSPS) is 13.2.